The highest BCUT2D eigenvalue weighted by molar-refractivity contribution is 5.90. The Hall–Kier alpha value is -2.28. The van der Waals surface area contributed by atoms with Gasteiger partial charge < -0.3 is 14.6 Å². The second kappa shape index (κ2) is 5.61. The second-order valence-electron chi connectivity index (χ2n) is 4.82. The summed E-state index contributed by atoms with van der Waals surface area (Å²) in [4.78, 5) is 15.8. The maximum atomic E-state index is 13.2. The van der Waals surface area contributed by atoms with Gasteiger partial charge in [0.05, 0.1) is 18.7 Å². The molecule has 1 aliphatic rings. The predicted molar refractivity (Wildman–Crippen MR) is 71.3 cm³/mol. The number of rotatable bonds is 3. The van der Waals surface area contributed by atoms with Crippen LogP contribution in [-0.2, 0) is 4.74 Å². The molecule has 6 nitrogen and oxygen atoms in total. The molecule has 0 aliphatic carbocycles. The van der Waals surface area contributed by atoms with E-state index in [0.717, 1.165) is 0 Å². The van der Waals surface area contributed by atoms with Crippen LogP contribution in [0.3, 0.4) is 0 Å². The van der Waals surface area contributed by atoms with E-state index in [2.05, 4.69) is 20.2 Å². The molecule has 1 saturated heterocycles. The number of hydrogen-bond donors (Lipinski definition) is 1. The highest BCUT2D eigenvalue weighted by atomic mass is 19.1. The quantitative estimate of drug-likeness (QED) is 0.870. The second-order valence-corrected chi connectivity index (χ2v) is 4.82. The molecule has 1 aromatic heterocycles. The van der Waals surface area contributed by atoms with Crippen LogP contribution in [0.1, 0.15) is 28.7 Å². The average Bonchev–Trinajstić information content (AvgIpc) is 3.15. The fourth-order valence-electron chi connectivity index (χ4n) is 2.28. The third-order valence-corrected chi connectivity index (χ3v) is 3.36. The Kier molecular flexibility index (Phi) is 3.66. The summed E-state index contributed by atoms with van der Waals surface area (Å²) in [5.41, 5.74) is 1.05. The first-order valence-corrected chi connectivity index (χ1v) is 6.57. The van der Waals surface area contributed by atoms with Crippen molar-refractivity contribution < 1.29 is 18.4 Å². The van der Waals surface area contributed by atoms with Crippen molar-refractivity contribution in [2.75, 3.05) is 13.7 Å². The average molecular weight is 291 g/mol. The SMILES string of the molecule is COC(=O)c1cccc(-c2noc([C@H]3C[C@H](F)CN3)n2)c1. The minimum Gasteiger partial charge on any atom is -0.465 e. The molecule has 2 aromatic rings. The smallest absolute Gasteiger partial charge is 0.337 e. The van der Waals surface area contributed by atoms with Gasteiger partial charge in [-0.2, -0.15) is 4.98 Å². The van der Waals surface area contributed by atoms with Crippen LogP contribution < -0.4 is 5.32 Å². The standard InChI is InChI=1S/C14H14FN3O3/c1-20-14(19)9-4-2-3-8(5-9)12-17-13(21-18-12)11-6-10(15)7-16-11/h2-5,10-11,16H,6-7H2,1H3/t10-,11+/m0/s1. The molecule has 0 amide bonds. The molecule has 0 spiro atoms. The highest BCUT2D eigenvalue weighted by Gasteiger charge is 2.29. The maximum Gasteiger partial charge on any atom is 0.337 e. The van der Waals surface area contributed by atoms with Gasteiger partial charge in [-0.05, 0) is 12.1 Å². The zero-order valence-corrected chi connectivity index (χ0v) is 11.4. The number of methoxy groups -OCH3 is 1. The molecule has 3 rings (SSSR count). The monoisotopic (exact) mass is 291 g/mol. The van der Waals surface area contributed by atoms with Gasteiger partial charge in [0.2, 0.25) is 11.7 Å². The molecule has 1 N–H and O–H groups in total. The third kappa shape index (κ3) is 2.78. The molecule has 110 valence electrons. The van der Waals surface area contributed by atoms with Gasteiger partial charge in [0.25, 0.3) is 0 Å². The lowest BCUT2D eigenvalue weighted by atomic mass is 10.1. The van der Waals surface area contributed by atoms with Gasteiger partial charge in [0.1, 0.15) is 6.17 Å². The number of hydrogen-bond acceptors (Lipinski definition) is 6. The van der Waals surface area contributed by atoms with Gasteiger partial charge in [-0.15, -0.1) is 0 Å². The van der Waals surface area contributed by atoms with Gasteiger partial charge in [-0.3, -0.25) is 0 Å². The van der Waals surface area contributed by atoms with Crippen LogP contribution in [0.15, 0.2) is 28.8 Å². The molecule has 1 aliphatic heterocycles. The number of aromatic nitrogens is 2. The van der Waals surface area contributed by atoms with Gasteiger partial charge in [0, 0.05) is 18.5 Å². The highest BCUT2D eigenvalue weighted by Crippen LogP contribution is 2.26. The van der Waals surface area contributed by atoms with Crippen molar-refractivity contribution in [1.29, 1.82) is 0 Å². The molecule has 2 atom stereocenters. The zero-order chi connectivity index (χ0) is 14.8. The number of carbonyl (C=O) groups excluding carboxylic acids is 1. The van der Waals surface area contributed by atoms with E-state index in [1.807, 2.05) is 0 Å². The first kappa shape index (κ1) is 13.7. The fourth-order valence-corrected chi connectivity index (χ4v) is 2.28. The summed E-state index contributed by atoms with van der Waals surface area (Å²) in [6, 6.07) is 6.48. The van der Waals surface area contributed by atoms with Crippen molar-refractivity contribution in [3.63, 3.8) is 0 Å². The van der Waals surface area contributed by atoms with E-state index in [0.29, 0.717) is 35.8 Å². The summed E-state index contributed by atoms with van der Waals surface area (Å²) in [6.07, 6.45) is -0.572. The minimum atomic E-state index is -0.895. The number of ether oxygens (including phenoxy) is 1. The van der Waals surface area contributed by atoms with E-state index in [1.165, 1.54) is 7.11 Å². The fraction of sp³-hybridized carbons (Fsp3) is 0.357. The van der Waals surface area contributed by atoms with Crippen molar-refractivity contribution >= 4 is 5.97 Å². The van der Waals surface area contributed by atoms with Crippen molar-refractivity contribution in [3.05, 3.63) is 35.7 Å². The Labute approximate surface area is 120 Å². The largest absolute Gasteiger partial charge is 0.465 e. The molecule has 7 heteroatoms. The molecule has 0 bridgehead atoms. The van der Waals surface area contributed by atoms with Gasteiger partial charge in [-0.25, -0.2) is 9.18 Å². The molecule has 0 saturated carbocycles. The van der Waals surface area contributed by atoms with Crippen LogP contribution >= 0.6 is 0 Å². The number of benzene rings is 1. The van der Waals surface area contributed by atoms with Crippen molar-refractivity contribution in [2.45, 2.75) is 18.6 Å². The number of nitrogens with zero attached hydrogens (tertiary/aromatic N) is 2. The first-order valence-electron chi connectivity index (χ1n) is 6.57. The van der Waals surface area contributed by atoms with Crippen LogP contribution in [-0.4, -0.2) is 35.9 Å². The summed E-state index contributed by atoms with van der Waals surface area (Å²) < 4.78 is 23.0. The van der Waals surface area contributed by atoms with Crippen LogP contribution in [0.2, 0.25) is 0 Å². The van der Waals surface area contributed by atoms with E-state index in [-0.39, 0.29) is 6.04 Å². The number of nitrogens with one attached hydrogen (secondary N) is 1. The van der Waals surface area contributed by atoms with E-state index < -0.39 is 12.1 Å². The lowest BCUT2D eigenvalue weighted by Gasteiger charge is -2.01. The Morgan fingerprint density at radius 3 is 3.10 bits per heavy atom. The summed E-state index contributed by atoms with van der Waals surface area (Å²) in [6.45, 7) is 0.292. The minimum absolute atomic E-state index is 0.259. The molecule has 2 heterocycles. The molecular formula is C14H14FN3O3. The van der Waals surface area contributed by atoms with Crippen LogP contribution in [0.4, 0.5) is 4.39 Å². The lowest BCUT2D eigenvalue weighted by Crippen LogP contribution is -2.14. The molecule has 0 unspecified atom stereocenters. The first-order chi connectivity index (χ1) is 10.2. The molecule has 0 radical (unpaired) electrons. The molecule has 1 fully saturated rings. The predicted octanol–water partition coefficient (Wildman–Crippen LogP) is 1.90. The van der Waals surface area contributed by atoms with E-state index in [1.54, 1.807) is 24.3 Å². The summed E-state index contributed by atoms with van der Waals surface area (Å²) in [5.74, 6) is 0.284. The molecule has 21 heavy (non-hydrogen) atoms. The van der Waals surface area contributed by atoms with Gasteiger partial charge >= 0.3 is 5.97 Å². The Morgan fingerprint density at radius 1 is 1.52 bits per heavy atom. The lowest BCUT2D eigenvalue weighted by molar-refractivity contribution is 0.0601. The van der Waals surface area contributed by atoms with Crippen LogP contribution in [0.5, 0.6) is 0 Å². The third-order valence-electron chi connectivity index (χ3n) is 3.36. The number of carbonyl (C=O) groups is 1. The van der Waals surface area contributed by atoms with Gasteiger partial charge in [0.15, 0.2) is 0 Å². The van der Waals surface area contributed by atoms with Crippen molar-refractivity contribution in [1.82, 2.24) is 15.5 Å². The number of esters is 1. The Morgan fingerprint density at radius 2 is 2.38 bits per heavy atom. The topological polar surface area (TPSA) is 77.2 Å². The van der Waals surface area contributed by atoms with E-state index >= 15 is 0 Å². The zero-order valence-electron chi connectivity index (χ0n) is 11.4. The Bertz CT molecular complexity index is 658. The van der Waals surface area contributed by atoms with E-state index in [9.17, 15) is 9.18 Å². The van der Waals surface area contributed by atoms with Crippen LogP contribution in [0, 0.1) is 0 Å². The molecular weight excluding hydrogens is 277 g/mol. The molecule has 1 aromatic carbocycles. The Balaban J connectivity index is 1.84. The van der Waals surface area contributed by atoms with Crippen molar-refractivity contribution in [2.24, 2.45) is 0 Å². The van der Waals surface area contributed by atoms with Gasteiger partial charge in [-0.1, -0.05) is 17.3 Å². The summed E-state index contributed by atoms with van der Waals surface area (Å²) in [5, 5.41) is 6.86. The normalized spacial score (nSPS) is 21.4. The summed E-state index contributed by atoms with van der Waals surface area (Å²) >= 11 is 0. The van der Waals surface area contributed by atoms with Crippen molar-refractivity contribution in [3.8, 4) is 11.4 Å². The number of halogens is 1. The number of alkyl halides is 1. The summed E-state index contributed by atoms with van der Waals surface area (Å²) in [7, 11) is 1.32. The maximum absolute atomic E-state index is 13.2. The van der Waals surface area contributed by atoms with E-state index in [4.69, 9.17) is 4.52 Å². The van der Waals surface area contributed by atoms with Crippen LogP contribution in [0.25, 0.3) is 11.4 Å².